The fourth-order valence-electron chi connectivity index (χ4n) is 1.39. The lowest BCUT2D eigenvalue weighted by molar-refractivity contribution is 0.0801. The summed E-state index contributed by atoms with van der Waals surface area (Å²) in [5.41, 5.74) is 1.49. The standard InChI is InChI=1S/C11H13I3N2O3/c1-15-10-7(13)2-6(12)8(9(10)14)11(19)16-3-5(18)4-17/h2,5,15,17-18H,3-4H2,1H3,(H,16,19). The number of halogens is 3. The summed E-state index contributed by atoms with van der Waals surface area (Å²) in [5.74, 6) is -0.255. The second-order valence-corrected chi connectivity index (χ2v) is 7.10. The maximum atomic E-state index is 12.1. The highest BCUT2D eigenvalue weighted by atomic mass is 127. The first-order valence-electron chi connectivity index (χ1n) is 5.34. The number of hydrogen-bond donors (Lipinski definition) is 4. The Morgan fingerprint density at radius 1 is 1.37 bits per heavy atom. The van der Waals surface area contributed by atoms with Gasteiger partial charge in [-0.2, -0.15) is 0 Å². The van der Waals surface area contributed by atoms with Crippen molar-refractivity contribution >= 4 is 79.4 Å². The highest BCUT2D eigenvalue weighted by Crippen LogP contribution is 2.31. The summed E-state index contributed by atoms with van der Waals surface area (Å²) in [6, 6.07) is 1.92. The molecule has 1 rings (SSSR count). The van der Waals surface area contributed by atoms with Gasteiger partial charge in [0.05, 0.1) is 27.5 Å². The second kappa shape index (κ2) is 8.14. The van der Waals surface area contributed by atoms with Crippen molar-refractivity contribution in [2.45, 2.75) is 6.10 Å². The molecule has 0 aliphatic heterocycles. The van der Waals surface area contributed by atoms with Crippen molar-refractivity contribution in [1.82, 2.24) is 5.32 Å². The van der Waals surface area contributed by atoms with Gasteiger partial charge in [-0.3, -0.25) is 4.79 Å². The molecule has 0 aliphatic carbocycles. The molecule has 0 fully saturated rings. The largest absolute Gasteiger partial charge is 0.394 e. The average molecular weight is 602 g/mol. The summed E-state index contributed by atoms with van der Waals surface area (Å²) in [6.07, 6.45) is -0.938. The van der Waals surface area contributed by atoms with Crippen LogP contribution >= 0.6 is 67.8 Å². The van der Waals surface area contributed by atoms with Gasteiger partial charge >= 0.3 is 0 Å². The Morgan fingerprint density at radius 3 is 2.53 bits per heavy atom. The third kappa shape index (κ3) is 4.54. The van der Waals surface area contributed by atoms with Crippen molar-refractivity contribution in [1.29, 1.82) is 0 Å². The lowest BCUT2D eigenvalue weighted by atomic mass is 10.2. The molecule has 1 atom stereocenters. The molecule has 1 unspecified atom stereocenters. The maximum absolute atomic E-state index is 12.1. The van der Waals surface area contributed by atoms with Crippen molar-refractivity contribution < 1.29 is 15.0 Å². The van der Waals surface area contributed by atoms with Crippen molar-refractivity contribution in [2.75, 3.05) is 25.5 Å². The molecule has 0 saturated heterocycles. The Hall–Kier alpha value is 0.600. The zero-order valence-corrected chi connectivity index (χ0v) is 16.5. The second-order valence-electron chi connectivity index (χ2n) is 3.70. The Bertz CT molecular complexity index is 483. The molecule has 0 radical (unpaired) electrons. The lowest BCUT2D eigenvalue weighted by Crippen LogP contribution is -2.34. The van der Waals surface area contributed by atoms with E-state index in [4.69, 9.17) is 5.11 Å². The first kappa shape index (κ1) is 17.7. The number of carbonyl (C=O) groups excluding carboxylic acids is 1. The van der Waals surface area contributed by atoms with E-state index in [1.807, 2.05) is 13.1 Å². The first-order valence-corrected chi connectivity index (χ1v) is 8.58. The number of benzene rings is 1. The normalized spacial score (nSPS) is 12.1. The molecule has 0 saturated carbocycles. The number of anilines is 1. The van der Waals surface area contributed by atoms with Crippen LogP contribution in [0.25, 0.3) is 0 Å². The molecule has 0 aromatic heterocycles. The van der Waals surface area contributed by atoms with Gasteiger partial charge in [-0.15, -0.1) is 0 Å². The third-order valence-corrected chi connectivity index (χ3v) is 5.14. The van der Waals surface area contributed by atoms with Gasteiger partial charge in [-0.05, 0) is 73.8 Å². The van der Waals surface area contributed by atoms with Crippen molar-refractivity contribution in [3.63, 3.8) is 0 Å². The van der Waals surface area contributed by atoms with Crippen molar-refractivity contribution in [3.8, 4) is 0 Å². The SMILES string of the molecule is CNc1c(I)cc(I)c(C(=O)NCC(O)CO)c1I. The predicted molar refractivity (Wildman–Crippen MR) is 99.6 cm³/mol. The van der Waals surface area contributed by atoms with Crippen LogP contribution in [-0.2, 0) is 0 Å². The Kier molecular flexibility index (Phi) is 7.56. The summed E-state index contributed by atoms with van der Waals surface area (Å²) in [5, 5.41) is 23.7. The summed E-state index contributed by atoms with van der Waals surface area (Å²) in [6.45, 7) is -0.342. The highest BCUT2D eigenvalue weighted by molar-refractivity contribution is 14.1. The number of nitrogens with one attached hydrogen (secondary N) is 2. The number of amides is 1. The first-order chi connectivity index (χ1) is 8.92. The fourth-order valence-corrected chi connectivity index (χ4v) is 5.79. The van der Waals surface area contributed by atoms with E-state index in [1.54, 1.807) is 0 Å². The van der Waals surface area contributed by atoms with Crippen LogP contribution in [-0.4, -0.2) is 42.4 Å². The minimum atomic E-state index is -0.938. The van der Waals surface area contributed by atoms with Crippen LogP contribution in [0.2, 0.25) is 0 Å². The number of rotatable bonds is 5. The molecule has 5 nitrogen and oxygen atoms in total. The van der Waals surface area contributed by atoms with Crippen LogP contribution < -0.4 is 10.6 Å². The summed E-state index contributed by atoms with van der Waals surface area (Å²) >= 11 is 6.46. The van der Waals surface area contributed by atoms with Crippen LogP contribution in [0.1, 0.15) is 10.4 Å². The van der Waals surface area contributed by atoms with E-state index in [1.165, 1.54) is 0 Å². The summed E-state index contributed by atoms with van der Waals surface area (Å²) in [4.78, 5) is 12.1. The molecule has 0 aliphatic rings. The number of hydrogen-bond acceptors (Lipinski definition) is 4. The summed E-state index contributed by atoms with van der Waals surface area (Å²) < 4.78 is 2.73. The van der Waals surface area contributed by atoms with Gasteiger partial charge in [0.1, 0.15) is 0 Å². The predicted octanol–water partition coefficient (Wildman–Crippen LogP) is 1.63. The zero-order valence-electron chi connectivity index (χ0n) is 10.0. The lowest BCUT2D eigenvalue weighted by Gasteiger charge is -2.15. The fraction of sp³-hybridized carbons (Fsp3) is 0.364. The van der Waals surface area contributed by atoms with E-state index in [9.17, 15) is 9.90 Å². The minimum Gasteiger partial charge on any atom is -0.394 e. The third-order valence-electron chi connectivity index (χ3n) is 2.36. The number of aliphatic hydroxyl groups excluding tert-OH is 2. The van der Waals surface area contributed by atoms with Crippen LogP contribution in [0.5, 0.6) is 0 Å². The molecule has 1 aromatic carbocycles. The van der Waals surface area contributed by atoms with Crippen LogP contribution in [0.3, 0.4) is 0 Å². The minimum absolute atomic E-state index is 0.0301. The Morgan fingerprint density at radius 2 is 2.00 bits per heavy atom. The van der Waals surface area contributed by atoms with Crippen LogP contribution in [0.15, 0.2) is 6.07 Å². The van der Waals surface area contributed by atoms with Gasteiger partial charge in [-0.1, -0.05) is 0 Å². The molecule has 1 amide bonds. The van der Waals surface area contributed by atoms with Crippen molar-refractivity contribution in [3.05, 3.63) is 22.3 Å². The van der Waals surface area contributed by atoms with Crippen molar-refractivity contribution in [2.24, 2.45) is 0 Å². The molecule has 0 heterocycles. The topological polar surface area (TPSA) is 81.6 Å². The van der Waals surface area contributed by atoms with Gasteiger partial charge in [0.2, 0.25) is 0 Å². The smallest absolute Gasteiger partial charge is 0.253 e. The number of carbonyl (C=O) groups is 1. The molecule has 0 bridgehead atoms. The molecule has 106 valence electrons. The highest BCUT2D eigenvalue weighted by Gasteiger charge is 2.19. The van der Waals surface area contributed by atoms with Crippen LogP contribution in [0, 0.1) is 10.7 Å². The maximum Gasteiger partial charge on any atom is 0.253 e. The molecule has 8 heteroatoms. The van der Waals surface area contributed by atoms with Gasteiger partial charge in [0.15, 0.2) is 0 Å². The molecule has 0 spiro atoms. The van der Waals surface area contributed by atoms with Crippen LogP contribution in [0.4, 0.5) is 5.69 Å². The van der Waals surface area contributed by atoms with E-state index in [2.05, 4.69) is 78.4 Å². The number of aliphatic hydroxyl groups is 2. The summed E-state index contributed by atoms with van der Waals surface area (Å²) in [7, 11) is 1.81. The van der Waals surface area contributed by atoms with Gasteiger partial charge in [0.25, 0.3) is 5.91 Å². The molecular formula is C11H13I3N2O3. The molecule has 4 N–H and O–H groups in total. The van der Waals surface area contributed by atoms with Gasteiger partial charge < -0.3 is 20.8 Å². The van der Waals surface area contributed by atoms with Gasteiger partial charge in [0, 0.05) is 20.7 Å². The van der Waals surface area contributed by atoms with E-state index < -0.39 is 6.10 Å². The monoisotopic (exact) mass is 602 g/mol. The average Bonchev–Trinajstić information content (AvgIpc) is 2.35. The molecule has 1 aromatic rings. The Balaban J connectivity index is 3.03. The van der Waals surface area contributed by atoms with E-state index >= 15 is 0 Å². The Labute approximate surface area is 152 Å². The zero-order chi connectivity index (χ0) is 14.6. The van der Waals surface area contributed by atoms with E-state index in [-0.39, 0.29) is 19.1 Å². The molecular weight excluding hydrogens is 589 g/mol. The van der Waals surface area contributed by atoms with E-state index in [0.29, 0.717) is 5.56 Å². The molecule has 19 heavy (non-hydrogen) atoms. The van der Waals surface area contributed by atoms with E-state index in [0.717, 1.165) is 16.4 Å². The van der Waals surface area contributed by atoms with Gasteiger partial charge in [-0.25, -0.2) is 0 Å². The quantitative estimate of drug-likeness (QED) is 0.387.